The zero-order chi connectivity index (χ0) is 16.8. The van der Waals surface area contributed by atoms with Crippen LogP contribution in [0.1, 0.15) is 36.6 Å². The number of hydrogen-bond donors (Lipinski definition) is 1. The Kier molecular flexibility index (Phi) is 3.51. The third-order valence-corrected chi connectivity index (χ3v) is 5.12. The third kappa shape index (κ3) is 2.64. The van der Waals surface area contributed by atoms with Crippen molar-refractivity contribution in [3.8, 4) is 0 Å². The molecule has 1 aromatic heterocycles. The van der Waals surface area contributed by atoms with Gasteiger partial charge in [0.25, 0.3) is 0 Å². The lowest BCUT2D eigenvalue weighted by atomic mass is 9.97. The highest BCUT2D eigenvalue weighted by molar-refractivity contribution is 5.82. The first-order valence-corrected chi connectivity index (χ1v) is 8.41. The van der Waals surface area contributed by atoms with Crippen LogP contribution in [0, 0.1) is 23.0 Å². The average Bonchev–Trinajstić information content (AvgIpc) is 3.27. The van der Waals surface area contributed by atoms with Gasteiger partial charge in [0.15, 0.2) is 0 Å². The lowest BCUT2D eigenvalue weighted by Gasteiger charge is -2.31. The second-order valence-corrected chi connectivity index (χ2v) is 6.96. The summed E-state index contributed by atoms with van der Waals surface area (Å²) in [5.74, 6) is 0.600. The lowest BCUT2D eigenvalue weighted by molar-refractivity contribution is -0.497. The second-order valence-electron chi connectivity index (χ2n) is 6.96. The SMILES string of the molecule is Cc1ccc2nc([C@@H]3CCCN(C(=O)[C@H]4C[C@H]4[N+](=O)[O-])C3)[nH]c2c1. The van der Waals surface area contributed by atoms with Gasteiger partial charge in [0.05, 0.1) is 11.0 Å². The van der Waals surface area contributed by atoms with E-state index in [4.69, 9.17) is 0 Å². The summed E-state index contributed by atoms with van der Waals surface area (Å²) in [5, 5.41) is 10.8. The molecule has 0 bridgehead atoms. The van der Waals surface area contributed by atoms with E-state index >= 15 is 0 Å². The fraction of sp³-hybridized carbons (Fsp3) is 0.529. The summed E-state index contributed by atoms with van der Waals surface area (Å²) in [4.78, 5) is 32.8. The van der Waals surface area contributed by atoms with Crippen LogP contribution in [-0.2, 0) is 4.79 Å². The highest BCUT2D eigenvalue weighted by Gasteiger charge is 2.54. The van der Waals surface area contributed by atoms with Crippen LogP contribution < -0.4 is 0 Å². The summed E-state index contributed by atoms with van der Waals surface area (Å²) in [7, 11) is 0. The van der Waals surface area contributed by atoms with Gasteiger partial charge in [-0.1, -0.05) is 6.07 Å². The summed E-state index contributed by atoms with van der Waals surface area (Å²) in [5.41, 5.74) is 3.14. The summed E-state index contributed by atoms with van der Waals surface area (Å²) >= 11 is 0. The predicted molar refractivity (Wildman–Crippen MR) is 88.3 cm³/mol. The van der Waals surface area contributed by atoms with E-state index in [1.807, 2.05) is 19.1 Å². The number of rotatable bonds is 3. The van der Waals surface area contributed by atoms with Gasteiger partial charge in [-0.2, -0.15) is 0 Å². The Labute approximate surface area is 139 Å². The number of amides is 1. The second kappa shape index (κ2) is 5.58. The van der Waals surface area contributed by atoms with Crippen molar-refractivity contribution in [2.45, 2.75) is 38.1 Å². The number of nitrogens with one attached hydrogen (secondary N) is 1. The van der Waals surface area contributed by atoms with Crippen molar-refractivity contribution in [2.24, 2.45) is 5.92 Å². The number of piperidine rings is 1. The maximum atomic E-state index is 12.5. The lowest BCUT2D eigenvalue weighted by Crippen LogP contribution is -2.41. The van der Waals surface area contributed by atoms with Gasteiger partial charge in [-0.25, -0.2) is 4.98 Å². The van der Waals surface area contributed by atoms with Gasteiger partial charge in [-0.3, -0.25) is 14.9 Å². The first-order chi connectivity index (χ1) is 11.5. The van der Waals surface area contributed by atoms with Crippen molar-refractivity contribution in [1.82, 2.24) is 14.9 Å². The van der Waals surface area contributed by atoms with E-state index in [0.29, 0.717) is 19.5 Å². The Morgan fingerprint density at radius 2 is 2.29 bits per heavy atom. The Bertz CT molecular complexity index is 815. The molecule has 1 aromatic carbocycles. The van der Waals surface area contributed by atoms with E-state index in [1.165, 1.54) is 5.56 Å². The highest BCUT2D eigenvalue weighted by Crippen LogP contribution is 2.36. The minimum absolute atomic E-state index is 0.0617. The Hall–Kier alpha value is -2.44. The van der Waals surface area contributed by atoms with Crippen molar-refractivity contribution in [2.75, 3.05) is 13.1 Å². The number of carbonyl (C=O) groups is 1. The Morgan fingerprint density at radius 3 is 3.04 bits per heavy atom. The molecule has 7 nitrogen and oxygen atoms in total. The van der Waals surface area contributed by atoms with Crippen LogP contribution in [0.3, 0.4) is 0 Å². The normalized spacial score (nSPS) is 26.5. The minimum Gasteiger partial charge on any atom is -0.342 e. The van der Waals surface area contributed by atoms with E-state index in [-0.39, 0.29) is 16.7 Å². The number of fused-ring (bicyclic) bond motifs is 1. The first-order valence-electron chi connectivity index (χ1n) is 8.41. The van der Waals surface area contributed by atoms with Crippen LogP contribution in [-0.4, -0.2) is 44.8 Å². The van der Waals surface area contributed by atoms with Crippen LogP contribution in [0.2, 0.25) is 0 Å². The quantitative estimate of drug-likeness (QED) is 0.691. The topological polar surface area (TPSA) is 92.1 Å². The van der Waals surface area contributed by atoms with Crippen LogP contribution in [0.4, 0.5) is 0 Å². The van der Waals surface area contributed by atoms with Gasteiger partial charge in [0, 0.05) is 30.4 Å². The molecule has 2 heterocycles. The van der Waals surface area contributed by atoms with Crippen molar-refractivity contribution < 1.29 is 9.72 Å². The monoisotopic (exact) mass is 328 g/mol. The summed E-state index contributed by atoms with van der Waals surface area (Å²) in [6, 6.07) is 5.44. The fourth-order valence-corrected chi connectivity index (χ4v) is 3.65. The van der Waals surface area contributed by atoms with Crippen molar-refractivity contribution >= 4 is 16.9 Å². The van der Waals surface area contributed by atoms with Crippen LogP contribution >= 0.6 is 0 Å². The standard InChI is InChI=1S/C17H20N4O3/c1-10-4-5-13-14(7-10)19-16(18-13)11-3-2-6-20(9-11)17(22)12-8-15(12)21(23)24/h4-5,7,11-12,15H,2-3,6,8-9H2,1H3,(H,18,19)/t11-,12+,15-/m1/s1. The molecule has 0 unspecified atom stereocenters. The smallest absolute Gasteiger partial charge is 0.232 e. The van der Waals surface area contributed by atoms with Gasteiger partial charge in [0.2, 0.25) is 11.9 Å². The molecule has 1 amide bonds. The molecule has 2 aromatic rings. The molecule has 3 atom stereocenters. The summed E-state index contributed by atoms with van der Waals surface area (Å²) in [6.45, 7) is 3.33. The van der Waals surface area contributed by atoms with Crippen LogP contribution in [0.15, 0.2) is 18.2 Å². The van der Waals surface area contributed by atoms with Gasteiger partial charge in [-0.05, 0) is 37.5 Å². The average molecular weight is 328 g/mol. The summed E-state index contributed by atoms with van der Waals surface area (Å²) < 4.78 is 0. The molecule has 0 spiro atoms. The molecule has 2 fully saturated rings. The Balaban J connectivity index is 1.50. The molecule has 1 aliphatic heterocycles. The molecule has 1 aliphatic carbocycles. The van der Waals surface area contributed by atoms with Crippen LogP contribution in [0.25, 0.3) is 11.0 Å². The molecule has 1 N–H and O–H groups in total. The van der Waals surface area contributed by atoms with E-state index in [1.54, 1.807) is 4.90 Å². The molecular formula is C17H20N4O3. The van der Waals surface area contributed by atoms with Crippen molar-refractivity contribution in [3.05, 3.63) is 39.7 Å². The number of aryl methyl sites for hydroxylation is 1. The van der Waals surface area contributed by atoms with E-state index in [2.05, 4.69) is 16.0 Å². The number of nitro groups is 1. The minimum atomic E-state index is -0.674. The van der Waals surface area contributed by atoms with Gasteiger partial charge >= 0.3 is 0 Å². The number of aromatic nitrogens is 2. The van der Waals surface area contributed by atoms with E-state index in [0.717, 1.165) is 29.7 Å². The zero-order valence-electron chi connectivity index (χ0n) is 13.6. The number of hydrogen-bond acceptors (Lipinski definition) is 4. The van der Waals surface area contributed by atoms with Gasteiger partial charge in [0.1, 0.15) is 11.7 Å². The molecule has 24 heavy (non-hydrogen) atoms. The largest absolute Gasteiger partial charge is 0.342 e. The molecule has 1 saturated carbocycles. The number of benzene rings is 1. The summed E-state index contributed by atoms with van der Waals surface area (Å²) in [6.07, 6.45) is 2.27. The molecule has 4 rings (SSSR count). The molecular weight excluding hydrogens is 308 g/mol. The molecule has 7 heteroatoms. The van der Waals surface area contributed by atoms with Crippen molar-refractivity contribution in [1.29, 1.82) is 0 Å². The fourth-order valence-electron chi connectivity index (χ4n) is 3.65. The predicted octanol–water partition coefficient (Wildman–Crippen LogP) is 2.24. The number of carbonyl (C=O) groups excluding carboxylic acids is 1. The number of likely N-dealkylation sites (tertiary alicyclic amines) is 1. The maximum absolute atomic E-state index is 12.5. The number of nitrogens with zero attached hydrogens (tertiary/aromatic N) is 3. The number of H-pyrrole nitrogens is 1. The molecule has 0 radical (unpaired) electrons. The van der Waals surface area contributed by atoms with E-state index in [9.17, 15) is 14.9 Å². The zero-order valence-corrected chi connectivity index (χ0v) is 13.6. The molecule has 1 saturated heterocycles. The van der Waals surface area contributed by atoms with E-state index < -0.39 is 12.0 Å². The molecule has 2 aliphatic rings. The van der Waals surface area contributed by atoms with Gasteiger partial charge < -0.3 is 9.88 Å². The Morgan fingerprint density at radius 1 is 1.46 bits per heavy atom. The first kappa shape index (κ1) is 15.1. The number of aromatic amines is 1. The van der Waals surface area contributed by atoms with Gasteiger partial charge in [-0.15, -0.1) is 0 Å². The molecule has 126 valence electrons. The maximum Gasteiger partial charge on any atom is 0.232 e. The third-order valence-electron chi connectivity index (χ3n) is 5.12. The number of imidazole rings is 1. The highest BCUT2D eigenvalue weighted by atomic mass is 16.6. The van der Waals surface area contributed by atoms with Crippen molar-refractivity contribution in [3.63, 3.8) is 0 Å². The van der Waals surface area contributed by atoms with Crippen LogP contribution in [0.5, 0.6) is 0 Å².